The third-order valence-electron chi connectivity index (χ3n) is 3.51. The summed E-state index contributed by atoms with van der Waals surface area (Å²) in [4.78, 5) is 0.187. The van der Waals surface area contributed by atoms with Crippen LogP contribution >= 0.6 is 0 Å². The first-order chi connectivity index (χ1) is 10.5. The van der Waals surface area contributed by atoms with Crippen LogP contribution in [0.2, 0.25) is 0 Å². The summed E-state index contributed by atoms with van der Waals surface area (Å²) in [6.45, 7) is 5.57. The predicted octanol–water partition coefficient (Wildman–Crippen LogP) is 3.23. The summed E-state index contributed by atoms with van der Waals surface area (Å²) in [6.07, 6.45) is 1.66. The van der Waals surface area contributed by atoms with Crippen LogP contribution in [-0.2, 0) is 10.0 Å². The Morgan fingerprint density at radius 2 is 1.68 bits per heavy atom. The Bertz CT molecular complexity index is 742. The third kappa shape index (κ3) is 3.55. The van der Waals surface area contributed by atoms with E-state index < -0.39 is 16.1 Å². The molecule has 22 heavy (non-hydrogen) atoms. The highest BCUT2D eigenvalue weighted by molar-refractivity contribution is 7.89. The van der Waals surface area contributed by atoms with Crippen LogP contribution in [-0.4, -0.2) is 13.5 Å². The highest BCUT2D eigenvalue weighted by Crippen LogP contribution is 2.31. The van der Waals surface area contributed by atoms with Crippen molar-refractivity contribution in [3.63, 3.8) is 0 Å². The Kier molecular flexibility index (Phi) is 5.00. The van der Waals surface area contributed by atoms with Crippen molar-refractivity contribution >= 4 is 10.0 Å². The fourth-order valence-electron chi connectivity index (χ4n) is 2.18. The van der Waals surface area contributed by atoms with Crippen LogP contribution in [0.25, 0.3) is 0 Å². The molecule has 0 saturated carbocycles. The smallest absolute Gasteiger partial charge is 0.241 e. The van der Waals surface area contributed by atoms with E-state index in [9.17, 15) is 13.5 Å². The lowest BCUT2D eigenvalue weighted by Gasteiger charge is -2.24. The first-order valence-electron chi connectivity index (χ1n) is 6.93. The number of nitrogens with one attached hydrogen (secondary N) is 1. The number of hydrogen-bond acceptors (Lipinski definition) is 3. The molecule has 2 N–H and O–H groups in total. The van der Waals surface area contributed by atoms with Crippen LogP contribution in [0.5, 0.6) is 5.75 Å². The molecule has 2 atom stereocenters. The lowest BCUT2D eigenvalue weighted by Crippen LogP contribution is -2.32. The first kappa shape index (κ1) is 16.3. The van der Waals surface area contributed by atoms with Gasteiger partial charge in [0.15, 0.2) is 0 Å². The average Bonchev–Trinajstić information content (AvgIpc) is 2.53. The van der Waals surface area contributed by atoms with Gasteiger partial charge < -0.3 is 5.11 Å². The second-order valence-corrected chi connectivity index (χ2v) is 6.78. The number of aromatic hydroxyl groups is 1. The Labute approximate surface area is 131 Å². The van der Waals surface area contributed by atoms with E-state index >= 15 is 0 Å². The van der Waals surface area contributed by atoms with Crippen molar-refractivity contribution in [2.75, 3.05) is 0 Å². The summed E-state index contributed by atoms with van der Waals surface area (Å²) in [6, 6.07) is 14.2. The van der Waals surface area contributed by atoms with Crippen molar-refractivity contribution in [2.24, 2.45) is 5.92 Å². The van der Waals surface area contributed by atoms with Crippen molar-refractivity contribution in [3.05, 3.63) is 72.8 Å². The summed E-state index contributed by atoms with van der Waals surface area (Å²) in [5, 5.41) is 10.0. The Balaban J connectivity index is 2.40. The van der Waals surface area contributed by atoms with E-state index in [1.54, 1.807) is 42.5 Å². The van der Waals surface area contributed by atoms with Crippen LogP contribution in [0.4, 0.5) is 0 Å². The molecule has 5 heteroatoms. The zero-order chi connectivity index (χ0) is 16.2. The van der Waals surface area contributed by atoms with E-state index in [4.69, 9.17) is 0 Å². The average molecular weight is 317 g/mol. The molecule has 0 radical (unpaired) electrons. The molecular weight excluding hydrogens is 298 g/mol. The van der Waals surface area contributed by atoms with Gasteiger partial charge in [0.1, 0.15) is 5.75 Å². The predicted molar refractivity (Wildman–Crippen MR) is 87.0 cm³/mol. The maximum Gasteiger partial charge on any atom is 0.241 e. The quantitative estimate of drug-likeness (QED) is 0.804. The molecule has 0 aliphatic heterocycles. The van der Waals surface area contributed by atoms with Gasteiger partial charge in [0.05, 0.1) is 10.9 Å². The van der Waals surface area contributed by atoms with Crippen LogP contribution in [0.1, 0.15) is 18.5 Å². The zero-order valence-electron chi connectivity index (χ0n) is 12.3. The van der Waals surface area contributed by atoms with Crippen molar-refractivity contribution in [1.82, 2.24) is 4.72 Å². The normalized spacial score (nSPS) is 14.2. The monoisotopic (exact) mass is 317 g/mol. The number of sulfonamides is 1. The van der Waals surface area contributed by atoms with Gasteiger partial charge in [-0.3, -0.25) is 0 Å². The molecule has 2 rings (SSSR count). The molecule has 0 spiro atoms. The molecule has 2 aromatic rings. The number of phenolic OH excluding ortho intramolecular Hbond substituents is 1. The topological polar surface area (TPSA) is 66.4 Å². The number of phenols is 1. The van der Waals surface area contributed by atoms with Gasteiger partial charge in [-0.1, -0.05) is 49.4 Å². The van der Waals surface area contributed by atoms with E-state index in [1.807, 2.05) is 6.92 Å². The number of benzene rings is 2. The van der Waals surface area contributed by atoms with Gasteiger partial charge in [-0.25, -0.2) is 13.1 Å². The summed E-state index contributed by atoms with van der Waals surface area (Å²) in [5.41, 5.74) is 0.523. The second kappa shape index (κ2) is 6.77. The summed E-state index contributed by atoms with van der Waals surface area (Å²) >= 11 is 0. The van der Waals surface area contributed by atoms with Crippen molar-refractivity contribution in [2.45, 2.75) is 17.9 Å². The Hall–Kier alpha value is -2.11. The third-order valence-corrected chi connectivity index (χ3v) is 4.96. The Morgan fingerprint density at radius 1 is 1.09 bits per heavy atom. The number of para-hydroxylation sites is 1. The van der Waals surface area contributed by atoms with Crippen molar-refractivity contribution in [1.29, 1.82) is 0 Å². The van der Waals surface area contributed by atoms with Gasteiger partial charge in [-0.2, -0.15) is 0 Å². The molecule has 0 unspecified atom stereocenters. The largest absolute Gasteiger partial charge is 0.508 e. The minimum atomic E-state index is -3.69. The molecule has 0 heterocycles. The molecule has 0 saturated heterocycles. The molecule has 0 fully saturated rings. The summed E-state index contributed by atoms with van der Waals surface area (Å²) in [5.74, 6) is -0.135. The molecule has 0 amide bonds. The highest BCUT2D eigenvalue weighted by Gasteiger charge is 2.26. The van der Waals surface area contributed by atoms with Crippen molar-refractivity contribution in [3.8, 4) is 5.75 Å². The van der Waals surface area contributed by atoms with Crippen LogP contribution < -0.4 is 4.72 Å². The van der Waals surface area contributed by atoms with Gasteiger partial charge in [-0.15, -0.1) is 6.58 Å². The number of hydrogen-bond donors (Lipinski definition) is 2. The van der Waals surface area contributed by atoms with Crippen molar-refractivity contribution < 1.29 is 13.5 Å². The van der Waals surface area contributed by atoms with Gasteiger partial charge in [0.2, 0.25) is 10.0 Å². The molecule has 0 aromatic heterocycles. The van der Waals surface area contributed by atoms with E-state index in [0.717, 1.165) is 0 Å². The maximum atomic E-state index is 12.5. The number of rotatable bonds is 6. The standard InChI is InChI=1S/C17H19NO3S/c1-3-13(2)17(15-11-7-8-12-16(15)19)18-22(20,21)14-9-5-4-6-10-14/h3-13,17-19H,1H2,2H3/t13-,17+/m1/s1. The molecule has 2 aromatic carbocycles. The van der Waals surface area contributed by atoms with Crippen LogP contribution in [0.3, 0.4) is 0 Å². The molecule has 0 bridgehead atoms. The zero-order valence-corrected chi connectivity index (χ0v) is 13.1. The highest BCUT2D eigenvalue weighted by atomic mass is 32.2. The van der Waals surface area contributed by atoms with Gasteiger partial charge in [0.25, 0.3) is 0 Å². The Morgan fingerprint density at radius 3 is 2.27 bits per heavy atom. The molecular formula is C17H19NO3S. The van der Waals surface area contributed by atoms with E-state index in [2.05, 4.69) is 11.3 Å². The minimum absolute atomic E-state index is 0.0527. The molecule has 0 aliphatic carbocycles. The molecule has 116 valence electrons. The fourth-order valence-corrected chi connectivity index (χ4v) is 3.50. The summed E-state index contributed by atoms with van der Waals surface area (Å²) < 4.78 is 27.7. The van der Waals surface area contributed by atoms with Gasteiger partial charge in [-0.05, 0) is 24.1 Å². The van der Waals surface area contributed by atoms with Gasteiger partial charge in [0, 0.05) is 5.56 Å². The second-order valence-electron chi connectivity index (χ2n) is 5.07. The lowest BCUT2D eigenvalue weighted by atomic mass is 9.95. The van der Waals surface area contributed by atoms with E-state index in [1.165, 1.54) is 18.2 Å². The fraction of sp³-hybridized carbons (Fsp3) is 0.176. The van der Waals surface area contributed by atoms with Crippen LogP contribution in [0, 0.1) is 5.92 Å². The lowest BCUT2D eigenvalue weighted by molar-refractivity contribution is 0.437. The first-order valence-corrected chi connectivity index (χ1v) is 8.42. The minimum Gasteiger partial charge on any atom is -0.508 e. The maximum absolute atomic E-state index is 12.5. The van der Waals surface area contributed by atoms with Crippen LogP contribution in [0.15, 0.2) is 72.1 Å². The SMILES string of the molecule is C=C[C@@H](C)[C@H](NS(=O)(=O)c1ccccc1)c1ccccc1O. The summed E-state index contributed by atoms with van der Waals surface area (Å²) in [7, 11) is -3.69. The molecule has 4 nitrogen and oxygen atoms in total. The van der Waals surface area contributed by atoms with E-state index in [-0.39, 0.29) is 16.6 Å². The van der Waals surface area contributed by atoms with E-state index in [0.29, 0.717) is 5.56 Å². The molecule has 0 aliphatic rings. The van der Waals surface area contributed by atoms with Gasteiger partial charge >= 0.3 is 0 Å².